The first-order chi connectivity index (χ1) is 11.9. The van der Waals surface area contributed by atoms with Crippen molar-refractivity contribution in [3.05, 3.63) is 56.8 Å². The molecule has 1 aliphatic rings. The number of hydrogen-bond acceptors (Lipinski definition) is 6. The van der Waals surface area contributed by atoms with Gasteiger partial charge in [-0.15, -0.1) is 11.3 Å². The summed E-state index contributed by atoms with van der Waals surface area (Å²) in [5.74, 6) is 0. The topological polar surface area (TPSA) is 92.6 Å². The van der Waals surface area contributed by atoms with E-state index in [0.717, 1.165) is 12.5 Å². The number of rotatable bonds is 5. The van der Waals surface area contributed by atoms with Crippen molar-refractivity contribution in [2.45, 2.75) is 11.3 Å². The molecule has 0 unspecified atom stereocenters. The smallest absolute Gasteiger partial charge is 0.293 e. The van der Waals surface area contributed by atoms with Crippen LogP contribution < -0.4 is 9.62 Å². The first kappa shape index (κ1) is 17.6. The van der Waals surface area contributed by atoms with E-state index in [0.29, 0.717) is 18.8 Å². The van der Waals surface area contributed by atoms with E-state index in [-0.39, 0.29) is 10.6 Å². The summed E-state index contributed by atoms with van der Waals surface area (Å²) >= 11 is 1.67. The highest BCUT2D eigenvalue weighted by Crippen LogP contribution is 2.34. The molecule has 1 aromatic heterocycles. The Hall–Kier alpha value is -2.23. The summed E-state index contributed by atoms with van der Waals surface area (Å²) in [6, 6.07) is 8.07. The van der Waals surface area contributed by atoms with Crippen LogP contribution in [0, 0.1) is 10.1 Å². The monoisotopic (exact) mass is 379 g/mol. The van der Waals surface area contributed by atoms with Gasteiger partial charge >= 0.3 is 0 Å². The van der Waals surface area contributed by atoms with Crippen LogP contribution in [0.15, 0.2) is 46.7 Å². The molecule has 0 atom stereocenters. The lowest BCUT2D eigenvalue weighted by Gasteiger charge is -2.28. The van der Waals surface area contributed by atoms with E-state index in [1.807, 2.05) is 16.3 Å². The largest absolute Gasteiger partial charge is 0.362 e. The zero-order chi connectivity index (χ0) is 18.0. The molecule has 0 saturated carbocycles. The quantitative estimate of drug-likeness (QED) is 0.637. The number of nitro benzene ring substituents is 1. The van der Waals surface area contributed by atoms with Gasteiger partial charge in [-0.3, -0.25) is 10.1 Å². The maximum absolute atomic E-state index is 11.9. The highest BCUT2D eigenvalue weighted by Gasteiger charge is 2.25. The van der Waals surface area contributed by atoms with E-state index < -0.39 is 14.9 Å². The highest BCUT2D eigenvalue weighted by molar-refractivity contribution is 7.89. The second kappa shape index (κ2) is 6.95. The molecule has 0 fully saturated rings. The van der Waals surface area contributed by atoms with Gasteiger partial charge in [-0.1, -0.05) is 12.1 Å². The predicted octanol–water partition coefficient (Wildman–Crippen LogP) is 2.86. The number of sulfonamides is 1. The van der Waals surface area contributed by atoms with Crippen LogP contribution in [0.5, 0.6) is 0 Å². The third-order valence-electron chi connectivity index (χ3n) is 4.11. The van der Waals surface area contributed by atoms with E-state index in [2.05, 4.69) is 16.9 Å². The molecule has 0 amide bonds. The molecule has 7 nitrogen and oxygen atoms in total. The SMILES string of the molecule is CNS(=O)(=O)c1ccc(N2CC=C(c3cccs3)CC2)c([N+](=O)[O-])c1. The van der Waals surface area contributed by atoms with Gasteiger partial charge in [-0.25, -0.2) is 13.1 Å². The summed E-state index contributed by atoms with van der Waals surface area (Å²) in [5.41, 5.74) is 1.47. The minimum absolute atomic E-state index is 0.114. The number of nitrogens with zero attached hydrogens (tertiary/aromatic N) is 2. The number of anilines is 1. The van der Waals surface area contributed by atoms with Crippen LogP contribution in [-0.4, -0.2) is 33.5 Å². The minimum atomic E-state index is -3.72. The Morgan fingerprint density at radius 1 is 1.32 bits per heavy atom. The van der Waals surface area contributed by atoms with Crippen molar-refractivity contribution >= 4 is 38.3 Å². The van der Waals surface area contributed by atoms with Crippen molar-refractivity contribution in [1.82, 2.24) is 4.72 Å². The van der Waals surface area contributed by atoms with Gasteiger partial charge in [0.1, 0.15) is 5.69 Å². The fourth-order valence-corrected chi connectivity index (χ4v) is 4.32. The van der Waals surface area contributed by atoms with Gasteiger partial charge in [0.05, 0.1) is 9.82 Å². The Balaban J connectivity index is 1.92. The molecule has 132 valence electrons. The highest BCUT2D eigenvalue weighted by atomic mass is 32.2. The second-order valence-corrected chi connectivity index (χ2v) is 8.35. The number of nitro groups is 1. The lowest BCUT2D eigenvalue weighted by atomic mass is 10.1. The number of thiophene rings is 1. The lowest BCUT2D eigenvalue weighted by Crippen LogP contribution is -2.29. The molecule has 1 aliphatic heterocycles. The molecule has 2 aromatic rings. The molecular weight excluding hydrogens is 362 g/mol. The third-order valence-corrected chi connectivity index (χ3v) is 6.47. The summed E-state index contributed by atoms with van der Waals surface area (Å²) in [4.78, 5) is 13.9. The summed E-state index contributed by atoms with van der Waals surface area (Å²) in [7, 11) is -2.45. The second-order valence-electron chi connectivity index (χ2n) is 5.52. The Morgan fingerprint density at radius 3 is 2.68 bits per heavy atom. The van der Waals surface area contributed by atoms with Crippen molar-refractivity contribution in [2.75, 3.05) is 25.0 Å². The zero-order valence-corrected chi connectivity index (χ0v) is 15.1. The molecule has 3 rings (SSSR count). The van der Waals surface area contributed by atoms with Crippen LogP contribution in [0.2, 0.25) is 0 Å². The molecule has 0 bridgehead atoms. The van der Waals surface area contributed by atoms with Crippen LogP contribution in [0.25, 0.3) is 5.57 Å². The summed E-state index contributed by atoms with van der Waals surface area (Å²) in [5, 5.41) is 13.5. The zero-order valence-electron chi connectivity index (χ0n) is 13.5. The third kappa shape index (κ3) is 3.58. The average molecular weight is 379 g/mol. The van der Waals surface area contributed by atoms with E-state index >= 15 is 0 Å². The normalized spacial score (nSPS) is 15.1. The molecule has 2 heterocycles. The molecule has 0 radical (unpaired) electrons. The van der Waals surface area contributed by atoms with Gasteiger partial charge in [0.2, 0.25) is 10.0 Å². The van der Waals surface area contributed by atoms with E-state index in [9.17, 15) is 18.5 Å². The fraction of sp³-hybridized carbons (Fsp3) is 0.250. The average Bonchev–Trinajstić information content (AvgIpc) is 3.16. The lowest BCUT2D eigenvalue weighted by molar-refractivity contribution is -0.384. The van der Waals surface area contributed by atoms with Crippen LogP contribution >= 0.6 is 11.3 Å². The van der Waals surface area contributed by atoms with Gasteiger partial charge in [0.15, 0.2) is 0 Å². The van der Waals surface area contributed by atoms with E-state index in [4.69, 9.17) is 0 Å². The van der Waals surface area contributed by atoms with Crippen molar-refractivity contribution in [1.29, 1.82) is 0 Å². The molecule has 25 heavy (non-hydrogen) atoms. The van der Waals surface area contributed by atoms with Gasteiger partial charge in [0, 0.05) is 24.0 Å². The Bertz CT molecular complexity index is 921. The number of nitrogens with one attached hydrogen (secondary N) is 1. The van der Waals surface area contributed by atoms with Crippen molar-refractivity contribution in [3.63, 3.8) is 0 Å². The standard InChI is InChI=1S/C16H17N3O4S2/c1-17-25(22,23)13-4-5-14(15(11-13)19(20)21)18-8-6-12(7-9-18)16-3-2-10-24-16/h2-6,10-11,17H,7-9H2,1H3. The van der Waals surface area contributed by atoms with E-state index in [1.54, 1.807) is 11.3 Å². The fourth-order valence-electron chi connectivity index (χ4n) is 2.77. The maximum atomic E-state index is 11.9. The van der Waals surface area contributed by atoms with Crippen molar-refractivity contribution in [2.24, 2.45) is 0 Å². The molecule has 1 aromatic carbocycles. The Labute approximate surface area is 149 Å². The first-order valence-electron chi connectivity index (χ1n) is 7.62. The van der Waals surface area contributed by atoms with Crippen LogP contribution in [0.4, 0.5) is 11.4 Å². The molecule has 1 N–H and O–H groups in total. The van der Waals surface area contributed by atoms with Crippen molar-refractivity contribution in [3.8, 4) is 0 Å². The number of hydrogen-bond donors (Lipinski definition) is 1. The van der Waals surface area contributed by atoms with Gasteiger partial charge in [-0.2, -0.15) is 0 Å². The van der Waals surface area contributed by atoms with Gasteiger partial charge in [-0.05, 0) is 42.6 Å². The Morgan fingerprint density at radius 2 is 2.12 bits per heavy atom. The van der Waals surface area contributed by atoms with E-state index in [1.165, 1.54) is 29.6 Å². The number of benzene rings is 1. The first-order valence-corrected chi connectivity index (χ1v) is 9.98. The molecule has 9 heteroatoms. The molecular formula is C16H17N3O4S2. The molecule has 0 saturated heterocycles. The predicted molar refractivity (Wildman–Crippen MR) is 98.5 cm³/mol. The Kier molecular flexibility index (Phi) is 4.89. The molecule has 0 aliphatic carbocycles. The maximum Gasteiger partial charge on any atom is 0.293 e. The molecule has 0 spiro atoms. The van der Waals surface area contributed by atoms with Gasteiger partial charge < -0.3 is 4.90 Å². The summed E-state index contributed by atoms with van der Waals surface area (Å²) < 4.78 is 25.9. The van der Waals surface area contributed by atoms with Crippen molar-refractivity contribution < 1.29 is 13.3 Å². The van der Waals surface area contributed by atoms with Crippen LogP contribution in [0.3, 0.4) is 0 Å². The summed E-state index contributed by atoms with van der Waals surface area (Å²) in [6.45, 7) is 1.19. The summed E-state index contributed by atoms with van der Waals surface area (Å²) in [6.07, 6.45) is 2.85. The van der Waals surface area contributed by atoms with Gasteiger partial charge in [0.25, 0.3) is 5.69 Å². The minimum Gasteiger partial charge on any atom is -0.362 e. The van der Waals surface area contributed by atoms with Crippen LogP contribution in [0.1, 0.15) is 11.3 Å². The van der Waals surface area contributed by atoms with Crippen LogP contribution in [-0.2, 0) is 10.0 Å².